The van der Waals surface area contributed by atoms with E-state index in [1.807, 2.05) is 0 Å². The van der Waals surface area contributed by atoms with E-state index in [1.54, 1.807) is 25.4 Å². The molecule has 0 atom stereocenters. The molecule has 2 N–H and O–H groups in total. The zero-order valence-electron chi connectivity index (χ0n) is 6.87. The zero-order chi connectivity index (χ0) is 8.81. The lowest BCUT2D eigenvalue weighted by atomic mass is 10.3. The fourth-order valence-electron chi connectivity index (χ4n) is 0.774. The van der Waals surface area contributed by atoms with Gasteiger partial charge in [0.2, 0.25) is 5.91 Å². The van der Waals surface area contributed by atoms with Gasteiger partial charge in [-0.25, -0.2) is 0 Å². The van der Waals surface area contributed by atoms with Crippen LogP contribution in [0, 0.1) is 0 Å². The third kappa shape index (κ3) is 2.57. The summed E-state index contributed by atoms with van der Waals surface area (Å²) < 4.78 is 0. The summed E-state index contributed by atoms with van der Waals surface area (Å²) in [6.45, 7) is 2.32. The summed E-state index contributed by atoms with van der Waals surface area (Å²) in [6, 6.07) is 0. The van der Waals surface area contributed by atoms with Gasteiger partial charge in [0.25, 0.3) is 0 Å². The van der Waals surface area contributed by atoms with Crippen LogP contribution < -0.4 is 5.32 Å². The molecule has 0 aliphatic heterocycles. The second-order valence-corrected chi connectivity index (χ2v) is 2.32. The number of carbonyl (C=O) groups is 1. The first-order valence-corrected chi connectivity index (χ1v) is 3.71. The molecule has 64 valence electrons. The van der Waals surface area contributed by atoms with Crippen LogP contribution in [0.4, 0.5) is 0 Å². The normalized spacial score (nSPS) is 10.4. The number of rotatable bonds is 3. The average molecular weight is 165 g/mol. The lowest BCUT2D eigenvalue weighted by Gasteiger charge is -1.97. The van der Waals surface area contributed by atoms with Crippen LogP contribution in [0.3, 0.4) is 0 Å². The van der Waals surface area contributed by atoms with Gasteiger partial charge in [-0.1, -0.05) is 6.08 Å². The van der Waals surface area contributed by atoms with E-state index in [-0.39, 0.29) is 5.91 Å². The average Bonchev–Trinajstić information content (AvgIpc) is 2.53. The minimum absolute atomic E-state index is 0.0845. The molecule has 12 heavy (non-hydrogen) atoms. The molecule has 1 amide bonds. The van der Waals surface area contributed by atoms with Crippen molar-refractivity contribution < 1.29 is 4.79 Å². The van der Waals surface area contributed by atoms with Crippen molar-refractivity contribution in [3.63, 3.8) is 0 Å². The second-order valence-electron chi connectivity index (χ2n) is 2.32. The van der Waals surface area contributed by atoms with Crippen molar-refractivity contribution in [3.05, 3.63) is 30.1 Å². The van der Waals surface area contributed by atoms with Crippen molar-refractivity contribution in [1.82, 2.24) is 15.5 Å². The predicted molar refractivity (Wildman–Crippen MR) is 45.2 cm³/mol. The van der Waals surface area contributed by atoms with Crippen LogP contribution in [-0.2, 0) is 11.3 Å². The van der Waals surface area contributed by atoms with Crippen LogP contribution in [0.15, 0.2) is 24.5 Å². The van der Waals surface area contributed by atoms with Crippen molar-refractivity contribution >= 4 is 5.91 Å². The summed E-state index contributed by atoms with van der Waals surface area (Å²) in [5.41, 5.74) is 0.966. The number of hydrogen-bond donors (Lipinski definition) is 2. The highest BCUT2D eigenvalue weighted by molar-refractivity contribution is 5.87. The minimum atomic E-state index is -0.0845. The van der Waals surface area contributed by atoms with Gasteiger partial charge >= 0.3 is 0 Å². The van der Waals surface area contributed by atoms with Gasteiger partial charge in [-0.3, -0.25) is 9.89 Å². The van der Waals surface area contributed by atoms with E-state index in [9.17, 15) is 4.79 Å². The Balaban J connectivity index is 2.31. The summed E-state index contributed by atoms with van der Waals surface area (Å²) >= 11 is 0. The van der Waals surface area contributed by atoms with Gasteiger partial charge in [-0.15, -0.1) is 0 Å². The maximum atomic E-state index is 10.9. The molecule has 1 rings (SSSR count). The zero-order valence-corrected chi connectivity index (χ0v) is 6.87. The molecular formula is C8H11N3O. The highest BCUT2D eigenvalue weighted by Crippen LogP contribution is 1.91. The van der Waals surface area contributed by atoms with Gasteiger partial charge in [0.05, 0.1) is 6.20 Å². The van der Waals surface area contributed by atoms with Crippen molar-refractivity contribution in [2.45, 2.75) is 13.5 Å². The number of carbonyl (C=O) groups excluding carboxylic acids is 1. The van der Waals surface area contributed by atoms with Crippen LogP contribution in [0.2, 0.25) is 0 Å². The first-order valence-electron chi connectivity index (χ1n) is 3.71. The Hall–Kier alpha value is -1.58. The Kier molecular flexibility index (Phi) is 3.07. The topological polar surface area (TPSA) is 57.8 Å². The Labute approximate surface area is 70.7 Å². The second kappa shape index (κ2) is 4.33. The molecule has 0 saturated carbocycles. The van der Waals surface area contributed by atoms with E-state index < -0.39 is 0 Å². The van der Waals surface area contributed by atoms with E-state index in [0.29, 0.717) is 6.54 Å². The monoisotopic (exact) mass is 165 g/mol. The largest absolute Gasteiger partial charge is 0.348 e. The number of H-pyrrole nitrogens is 1. The standard InChI is InChI=1S/C8H11N3O/c1-2-3-8(12)9-4-7-5-10-11-6-7/h2-3,5-6H,4H2,1H3,(H,9,12)(H,10,11). The molecule has 0 saturated heterocycles. The van der Waals surface area contributed by atoms with Gasteiger partial charge in [0.15, 0.2) is 0 Å². The van der Waals surface area contributed by atoms with Gasteiger partial charge in [0, 0.05) is 18.3 Å². The molecule has 1 heterocycles. The number of hydrogen-bond acceptors (Lipinski definition) is 2. The van der Waals surface area contributed by atoms with E-state index >= 15 is 0 Å². The maximum absolute atomic E-state index is 10.9. The number of nitrogens with one attached hydrogen (secondary N) is 2. The summed E-state index contributed by atoms with van der Waals surface area (Å²) in [7, 11) is 0. The molecule has 0 aliphatic rings. The van der Waals surface area contributed by atoms with Gasteiger partial charge in [0.1, 0.15) is 0 Å². The molecule has 0 bridgehead atoms. The molecule has 0 spiro atoms. The van der Waals surface area contributed by atoms with E-state index in [0.717, 1.165) is 5.56 Å². The molecule has 0 radical (unpaired) electrons. The molecular weight excluding hydrogens is 154 g/mol. The van der Waals surface area contributed by atoms with E-state index in [4.69, 9.17) is 0 Å². The lowest BCUT2D eigenvalue weighted by Crippen LogP contribution is -2.19. The molecule has 0 fully saturated rings. The quantitative estimate of drug-likeness (QED) is 0.644. The molecule has 0 aliphatic carbocycles. The SMILES string of the molecule is CC=CC(=O)NCc1cn[nH]c1. The summed E-state index contributed by atoms with van der Waals surface area (Å²) in [4.78, 5) is 10.9. The summed E-state index contributed by atoms with van der Waals surface area (Å²) in [6.07, 6.45) is 6.61. The fraction of sp³-hybridized carbons (Fsp3) is 0.250. The smallest absolute Gasteiger partial charge is 0.243 e. The Morgan fingerprint density at radius 3 is 3.25 bits per heavy atom. The van der Waals surface area contributed by atoms with Crippen molar-refractivity contribution in [1.29, 1.82) is 0 Å². The summed E-state index contributed by atoms with van der Waals surface area (Å²) in [5, 5.41) is 9.12. The lowest BCUT2D eigenvalue weighted by molar-refractivity contribution is -0.116. The number of allylic oxidation sites excluding steroid dienone is 1. The number of amides is 1. The molecule has 1 aromatic heterocycles. The van der Waals surface area contributed by atoms with E-state index in [2.05, 4.69) is 15.5 Å². The van der Waals surface area contributed by atoms with Crippen molar-refractivity contribution in [3.8, 4) is 0 Å². The third-order valence-electron chi connectivity index (χ3n) is 1.34. The number of aromatic amines is 1. The van der Waals surface area contributed by atoms with Crippen LogP contribution in [-0.4, -0.2) is 16.1 Å². The summed E-state index contributed by atoms with van der Waals surface area (Å²) in [5.74, 6) is -0.0845. The minimum Gasteiger partial charge on any atom is -0.348 e. The van der Waals surface area contributed by atoms with Crippen LogP contribution in [0.1, 0.15) is 12.5 Å². The van der Waals surface area contributed by atoms with Gasteiger partial charge in [-0.05, 0) is 13.0 Å². The van der Waals surface area contributed by atoms with Crippen LogP contribution in [0.25, 0.3) is 0 Å². The molecule has 0 aromatic carbocycles. The van der Waals surface area contributed by atoms with Gasteiger partial charge in [-0.2, -0.15) is 5.10 Å². The highest BCUT2D eigenvalue weighted by atomic mass is 16.1. The number of nitrogens with zero attached hydrogens (tertiary/aromatic N) is 1. The third-order valence-corrected chi connectivity index (χ3v) is 1.34. The molecule has 4 nitrogen and oxygen atoms in total. The van der Waals surface area contributed by atoms with Crippen LogP contribution >= 0.6 is 0 Å². The Morgan fingerprint density at radius 1 is 1.83 bits per heavy atom. The maximum Gasteiger partial charge on any atom is 0.243 e. The van der Waals surface area contributed by atoms with Crippen LogP contribution in [0.5, 0.6) is 0 Å². The number of aromatic nitrogens is 2. The molecule has 1 aromatic rings. The first kappa shape index (κ1) is 8.52. The molecule has 0 unspecified atom stereocenters. The van der Waals surface area contributed by atoms with Gasteiger partial charge < -0.3 is 5.32 Å². The predicted octanol–water partition coefficient (Wildman–Crippen LogP) is 0.602. The first-order chi connectivity index (χ1) is 5.83. The van der Waals surface area contributed by atoms with Crippen molar-refractivity contribution in [2.75, 3.05) is 0 Å². The fourth-order valence-corrected chi connectivity index (χ4v) is 0.774. The van der Waals surface area contributed by atoms with E-state index in [1.165, 1.54) is 6.08 Å². The Morgan fingerprint density at radius 2 is 2.67 bits per heavy atom. The Bertz CT molecular complexity index is 264. The highest BCUT2D eigenvalue weighted by Gasteiger charge is 1.95. The molecule has 4 heteroatoms. The van der Waals surface area contributed by atoms with Crippen molar-refractivity contribution in [2.24, 2.45) is 0 Å².